The Labute approximate surface area is 248 Å². The van der Waals surface area contributed by atoms with Gasteiger partial charge in [-0.25, -0.2) is 0 Å². The van der Waals surface area contributed by atoms with Crippen LogP contribution in [0.5, 0.6) is 0 Å². The van der Waals surface area contributed by atoms with E-state index in [9.17, 15) is 10.1 Å². The number of Topliss-reactive ketones (excluding diaryl/α,β-unsaturated/α-hetero) is 1. The number of benzene rings is 4. The van der Waals surface area contributed by atoms with Gasteiger partial charge >= 0.3 is 249 Å². The minimum absolute atomic E-state index is 0.0764. The number of fused-ring (bicyclic) bond motifs is 6. The number of aromatic nitrogens is 1. The molecule has 0 bridgehead atoms. The van der Waals surface area contributed by atoms with Crippen molar-refractivity contribution in [3.8, 4) is 6.07 Å². The van der Waals surface area contributed by atoms with Gasteiger partial charge in [0.05, 0.1) is 0 Å². The summed E-state index contributed by atoms with van der Waals surface area (Å²) in [6, 6.07) is 37.8. The molecule has 0 radical (unpaired) electrons. The molecule has 6 heteroatoms. The normalized spacial score (nSPS) is 14.5. The van der Waals surface area contributed by atoms with Gasteiger partial charge in [0.15, 0.2) is 0 Å². The zero-order chi connectivity index (χ0) is 28.6. The van der Waals surface area contributed by atoms with E-state index in [1.807, 2.05) is 109 Å². The molecule has 0 spiro atoms. The third-order valence-electron chi connectivity index (χ3n) is 7.39. The molecule has 0 atom stereocenters. The minimum atomic E-state index is -0.171. The van der Waals surface area contributed by atoms with Gasteiger partial charge in [-0.05, 0) is 0 Å². The molecule has 0 unspecified atom stereocenters. The predicted molar refractivity (Wildman–Crippen MR) is 169 cm³/mol. The number of para-hydroxylation sites is 1. The fraction of sp³-hybridized carbons (Fsp3) is 0. The first-order valence-electron chi connectivity index (χ1n) is 13.3. The molecule has 42 heavy (non-hydrogen) atoms. The van der Waals surface area contributed by atoms with Crippen LogP contribution >= 0.6 is 0 Å². The molecule has 196 valence electrons. The van der Waals surface area contributed by atoms with Crippen molar-refractivity contribution in [1.82, 2.24) is 4.98 Å². The van der Waals surface area contributed by atoms with Gasteiger partial charge in [-0.1, -0.05) is 0 Å². The van der Waals surface area contributed by atoms with E-state index < -0.39 is 0 Å². The molecule has 0 saturated carbocycles. The van der Waals surface area contributed by atoms with Crippen LogP contribution in [0.4, 0.5) is 16.1 Å². The zero-order valence-electron chi connectivity index (χ0n) is 22.2. The first kappa shape index (κ1) is 25.4. The van der Waals surface area contributed by atoms with Crippen molar-refractivity contribution < 1.29 is 4.79 Å². The molecule has 0 aliphatic heterocycles. The van der Waals surface area contributed by atoms with E-state index in [0.29, 0.717) is 22.3 Å². The van der Waals surface area contributed by atoms with Crippen molar-refractivity contribution in [1.29, 1.82) is 5.26 Å². The summed E-state index contributed by atoms with van der Waals surface area (Å²) in [6.45, 7) is 7.83. The molecule has 4 aromatic carbocycles. The Morgan fingerprint density at radius 1 is 0.810 bits per heavy atom. The van der Waals surface area contributed by atoms with Gasteiger partial charge in [0.1, 0.15) is 0 Å². The van der Waals surface area contributed by atoms with Crippen LogP contribution in [0.15, 0.2) is 127 Å². The number of anilines is 3. The van der Waals surface area contributed by atoms with Gasteiger partial charge in [0.25, 0.3) is 0 Å². The van der Waals surface area contributed by atoms with Crippen LogP contribution in [0, 0.1) is 17.9 Å². The van der Waals surface area contributed by atoms with Crippen molar-refractivity contribution in [2.45, 2.75) is 0 Å². The van der Waals surface area contributed by atoms with E-state index in [4.69, 9.17) is 6.57 Å². The number of hydrogen-bond acceptors (Lipinski definition) is 4. The summed E-state index contributed by atoms with van der Waals surface area (Å²) in [5.41, 5.74) is 2.96. The average molecular weight is 604 g/mol. The third kappa shape index (κ3) is 4.07. The molecule has 0 amide bonds. The van der Waals surface area contributed by atoms with E-state index in [-0.39, 0.29) is 26.0 Å². The summed E-state index contributed by atoms with van der Waals surface area (Å²) >= 11 is -0.171. The molecule has 0 saturated heterocycles. The van der Waals surface area contributed by atoms with E-state index in [1.54, 1.807) is 6.20 Å². The van der Waals surface area contributed by atoms with Crippen LogP contribution < -0.4 is 4.90 Å². The zero-order valence-corrected chi connectivity index (χ0v) is 23.9. The van der Waals surface area contributed by atoms with Crippen LogP contribution in [-0.2, 0) is 0 Å². The summed E-state index contributed by atoms with van der Waals surface area (Å²) in [4.78, 5) is 24.6. The number of ketones is 1. The van der Waals surface area contributed by atoms with Gasteiger partial charge in [0, 0.05) is 0 Å². The Morgan fingerprint density at radius 3 is 2.10 bits per heavy atom. The maximum absolute atomic E-state index is 14.3. The molecular weight excluding hydrogens is 583 g/mol. The van der Waals surface area contributed by atoms with Crippen LogP contribution in [-0.4, -0.2) is 25.3 Å². The Bertz CT molecular complexity index is 2130. The molecule has 2 heterocycles. The Morgan fingerprint density at radius 2 is 1.45 bits per heavy atom. The Kier molecular flexibility index (Phi) is 6.34. The average Bonchev–Trinajstić information content (AvgIpc) is 3.62. The SMILES string of the molecule is [C-]#[N+]/C(C#N)=C1\C(=C/c2ccc(N(c3ccccc3)c3ccccn3)[se]2)C(=O)c2c1c1ccccc1c1ccccc21. The number of pyridine rings is 1. The van der Waals surface area contributed by atoms with Crippen molar-refractivity contribution in [2.24, 2.45) is 0 Å². The van der Waals surface area contributed by atoms with Gasteiger partial charge in [-0.15, -0.1) is 0 Å². The summed E-state index contributed by atoms with van der Waals surface area (Å²) in [5.74, 6) is 0.648. The Hall–Kier alpha value is -5.52. The van der Waals surface area contributed by atoms with E-state index in [1.165, 1.54) is 0 Å². The maximum atomic E-state index is 14.3. The van der Waals surface area contributed by atoms with Gasteiger partial charge < -0.3 is 0 Å². The first-order valence-corrected chi connectivity index (χ1v) is 15.0. The van der Waals surface area contributed by atoms with Crippen LogP contribution in [0.3, 0.4) is 0 Å². The van der Waals surface area contributed by atoms with Crippen molar-refractivity contribution in [3.05, 3.63) is 154 Å². The van der Waals surface area contributed by atoms with Crippen molar-refractivity contribution in [2.75, 3.05) is 4.90 Å². The molecule has 5 nitrogen and oxygen atoms in total. The number of hydrogen-bond donors (Lipinski definition) is 0. The molecule has 6 aromatic rings. The summed E-state index contributed by atoms with van der Waals surface area (Å²) in [6.07, 6.45) is 3.66. The van der Waals surface area contributed by atoms with E-state index in [0.717, 1.165) is 42.0 Å². The molecule has 1 aliphatic rings. The topological polar surface area (TPSA) is 61.4 Å². The summed E-state index contributed by atoms with van der Waals surface area (Å²) in [7, 11) is 0. The molecule has 7 rings (SSSR count). The molecule has 0 fully saturated rings. The fourth-order valence-electron chi connectivity index (χ4n) is 5.66. The monoisotopic (exact) mass is 604 g/mol. The van der Waals surface area contributed by atoms with E-state index in [2.05, 4.69) is 26.9 Å². The number of rotatable bonds is 4. The molecule has 0 N–H and O–H groups in total. The number of nitrogens with zero attached hydrogens (tertiary/aromatic N) is 4. The Balaban J connectivity index is 1.44. The molecular formula is C36H20N4OSe. The van der Waals surface area contributed by atoms with Gasteiger partial charge in [-0.2, -0.15) is 0 Å². The van der Waals surface area contributed by atoms with Crippen LogP contribution in [0.1, 0.15) is 20.4 Å². The number of carbonyl (C=O) groups is 1. The fourth-order valence-corrected chi connectivity index (χ4v) is 7.72. The third-order valence-corrected chi connectivity index (χ3v) is 9.53. The van der Waals surface area contributed by atoms with Gasteiger partial charge in [-0.3, -0.25) is 0 Å². The van der Waals surface area contributed by atoms with Crippen LogP contribution in [0.2, 0.25) is 0 Å². The number of carbonyl (C=O) groups excluding carboxylic acids is 1. The summed E-state index contributed by atoms with van der Waals surface area (Å²) in [5, 5.41) is 13.7. The molecule has 1 aliphatic carbocycles. The standard InChI is InChI=1S/C36H20N4OSe/c1-38-30(22-37)33-29(36(41)35-28-16-8-6-14-26(28)25-13-5-7-15-27(25)34(33)35)21-24-18-19-32(42-24)40(23-11-3-2-4-12-23)31-17-9-10-20-39-31/h2-21H/b29-21+,33-30+. The van der Waals surface area contributed by atoms with Crippen molar-refractivity contribution >= 4 is 69.5 Å². The van der Waals surface area contributed by atoms with E-state index >= 15 is 0 Å². The summed E-state index contributed by atoms with van der Waals surface area (Å²) < 4.78 is 2.04. The molecule has 2 aromatic heterocycles. The number of allylic oxidation sites excluding steroid dienone is 3. The second-order valence-corrected chi connectivity index (χ2v) is 12.0. The van der Waals surface area contributed by atoms with Gasteiger partial charge in [0.2, 0.25) is 0 Å². The second-order valence-electron chi connectivity index (χ2n) is 9.71. The second kappa shape index (κ2) is 10.5. The predicted octanol–water partition coefficient (Wildman–Crippen LogP) is 8.35. The number of nitriles is 1. The van der Waals surface area contributed by atoms with Crippen LogP contribution in [0.25, 0.3) is 38.0 Å². The first-order chi connectivity index (χ1) is 20.7. The van der Waals surface area contributed by atoms with Crippen molar-refractivity contribution in [3.63, 3.8) is 0 Å². The quantitative estimate of drug-likeness (QED) is 0.0668.